The van der Waals surface area contributed by atoms with Gasteiger partial charge in [-0.3, -0.25) is 9.00 Å². The van der Waals surface area contributed by atoms with Crippen molar-refractivity contribution in [2.75, 3.05) is 0 Å². The fourth-order valence-corrected chi connectivity index (χ4v) is 3.27. The normalized spacial score (nSPS) is 15.5. The maximum atomic E-state index is 12.8. The molecule has 3 rings (SSSR count). The van der Waals surface area contributed by atoms with Crippen molar-refractivity contribution in [2.24, 2.45) is 0 Å². The standard InChI is InChI=1S/C17H17F3N4O3S/c1-8(11-4-6-12(7-5-11)17(18,19)20)24-15-13(16(25)22-10(3)21-15)14(23-24)9(2)28(26)27/h4-9H,1-3H3,(H,26,27)(H,21,22,25)/p-1/t8-,9-/m1/s1. The number of hydrogen-bond acceptors (Lipinski definition) is 5. The largest absolute Gasteiger partial charge is 0.772 e. The number of nitrogens with zero attached hydrogens (tertiary/aromatic N) is 3. The van der Waals surface area contributed by atoms with Crippen molar-refractivity contribution in [1.29, 1.82) is 0 Å². The molecule has 150 valence electrons. The van der Waals surface area contributed by atoms with Crippen LogP contribution >= 0.6 is 0 Å². The summed E-state index contributed by atoms with van der Waals surface area (Å²) < 4.78 is 62.5. The van der Waals surface area contributed by atoms with Crippen LogP contribution in [0.2, 0.25) is 0 Å². The lowest BCUT2D eigenvalue weighted by Gasteiger charge is -2.15. The van der Waals surface area contributed by atoms with Gasteiger partial charge in [0.25, 0.3) is 5.56 Å². The molecule has 0 bridgehead atoms. The van der Waals surface area contributed by atoms with Crippen molar-refractivity contribution in [2.45, 2.75) is 38.2 Å². The zero-order chi connectivity index (χ0) is 20.8. The predicted molar refractivity (Wildman–Crippen MR) is 95.5 cm³/mol. The van der Waals surface area contributed by atoms with Gasteiger partial charge in [0.2, 0.25) is 0 Å². The number of fused-ring (bicyclic) bond motifs is 1. The number of aryl methyl sites for hydroxylation is 1. The molecule has 3 aromatic rings. The van der Waals surface area contributed by atoms with E-state index in [4.69, 9.17) is 0 Å². The lowest BCUT2D eigenvalue weighted by Crippen LogP contribution is -2.14. The maximum absolute atomic E-state index is 12.8. The SMILES string of the molecule is Cc1nc2c(c([C@@H](C)S(=O)[O-])nn2[C@H](C)c2ccc(C(F)(F)F)cc2)c(=O)[nH]1. The van der Waals surface area contributed by atoms with E-state index in [0.717, 1.165) is 12.1 Å². The smallest absolute Gasteiger partial charge is 0.416 e. The fraction of sp³-hybridized carbons (Fsp3) is 0.353. The van der Waals surface area contributed by atoms with E-state index in [1.54, 1.807) is 13.8 Å². The number of hydrogen-bond donors (Lipinski definition) is 1. The average Bonchev–Trinajstić information content (AvgIpc) is 2.99. The van der Waals surface area contributed by atoms with Crippen LogP contribution in [0.25, 0.3) is 11.0 Å². The number of alkyl halides is 3. The molecule has 2 heterocycles. The first kappa shape index (κ1) is 20.2. The van der Waals surface area contributed by atoms with E-state index in [1.165, 1.54) is 23.7 Å². The molecule has 7 nitrogen and oxygen atoms in total. The van der Waals surface area contributed by atoms with Gasteiger partial charge in [-0.25, -0.2) is 9.67 Å². The molecule has 3 atom stereocenters. The molecule has 0 fully saturated rings. The van der Waals surface area contributed by atoms with Crippen molar-refractivity contribution in [3.63, 3.8) is 0 Å². The van der Waals surface area contributed by atoms with Crippen LogP contribution in [0.4, 0.5) is 13.2 Å². The highest BCUT2D eigenvalue weighted by atomic mass is 32.2. The van der Waals surface area contributed by atoms with Gasteiger partial charge in [0.1, 0.15) is 11.2 Å². The lowest BCUT2D eigenvalue weighted by atomic mass is 10.1. The Balaban J connectivity index is 2.17. The van der Waals surface area contributed by atoms with Gasteiger partial charge in [0.05, 0.1) is 22.5 Å². The lowest BCUT2D eigenvalue weighted by molar-refractivity contribution is -0.137. The second kappa shape index (κ2) is 7.13. The third-order valence-electron chi connectivity index (χ3n) is 4.47. The highest BCUT2D eigenvalue weighted by molar-refractivity contribution is 7.79. The molecule has 0 aliphatic rings. The molecule has 0 saturated carbocycles. The van der Waals surface area contributed by atoms with E-state index in [1.807, 2.05) is 0 Å². The molecule has 0 spiro atoms. The third-order valence-corrected chi connectivity index (χ3v) is 5.27. The first-order valence-corrected chi connectivity index (χ1v) is 9.38. The number of benzene rings is 1. The summed E-state index contributed by atoms with van der Waals surface area (Å²) in [4.78, 5) is 19.2. The Kier molecular flexibility index (Phi) is 5.15. The fourth-order valence-electron chi connectivity index (χ4n) is 2.92. The first-order chi connectivity index (χ1) is 13.0. The molecule has 0 aliphatic heterocycles. The van der Waals surface area contributed by atoms with Crippen molar-refractivity contribution < 1.29 is 21.9 Å². The average molecular weight is 413 g/mol. The van der Waals surface area contributed by atoms with Crippen LogP contribution in [0.3, 0.4) is 0 Å². The van der Waals surface area contributed by atoms with E-state index < -0.39 is 39.7 Å². The molecular formula is C17H16F3N4O3S-. The van der Waals surface area contributed by atoms with Gasteiger partial charge in [-0.2, -0.15) is 18.3 Å². The van der Waals surface area contributed by atoms with Gasteiger partial charge in [-0.1, -0.05) is 12.1 Å². The molecule has 1 N–H and O–H groups in total. The topological polar surface area (TPSA) is 104 Å². The minimum Gasteiger partial charge on any atom is -0.772 e. The number of aromatic nitrogens is 4. The molecule has 0 radical (unpaired) electrons. The summed E-state index contributed by atoms with van der Waals surface area (Å²) in [5.74, 6) is 0.306. The van der Waals surface area contributed by atoms with Crippen LogP contribution in [-0.2, 0) is 17.3 Å². The molecule has 11 heteroatoms. The molecule has 1 unspecified atom stereocenters. The van der Waals surface area contributed by atoms with Crippen molar-refractivity contribution in [3.8, 4) is 0 Å². The maximum Gasteiger partial charge on any atom is 0.416 e. The molecule has 2 aromatic heterocycles. The van der Waals surface area contributed by atoms with Crippen LogP contribution in [-0.4, -0.2) is 28.5 Å². The highest BCUT2D eigenvalue weighted by Gasteiger charge is 2.30. The van der Waals surface area contributed by atoms with Crippen molar-refractivity contribution >= 4 is 22.1 Å². The van der Waals surface area contributed by atoms with E-state index >= 15 is 0 Å². The summed E-state index contributed by atoms with van der Waals surface area (Å²) in [5, 5.41) is 3.26. The Morgan fingerprint density at radius 1 is 1.21 bits per heavy atom. The molecule has 1 aromatic carbocycles. The quantitative estimate of drug-likeness (QED) is 0.662. The van der Waals surface area contributed by atoms with Gasteiger partial charge in [-0.05, 0) is 49.5 Å². The second-order valence-electron chi connectivity index (χ2n) is 6.38. The summed E-state index contributed by atoms with van der Waals surface area (Å²) in [6, 6.07) is 3.96. The Bertz CT molecular complexity index is 1110. The van der Waals surface area contributed by atoms with E-state index in [0.29, 0.717) is 11.4 Å². The van der Waals surface area contributed by atoms with E-state index in [9.17, 15) is 26.7 Å². The van der Waals surface area contributed by atoms with Gasteiger partial charge >= 0.3 is 6.18 Å². The minimum absolute atomic E-state index is 0.0378. The predicted octanol–water partition coefficient (Wildman–Crippen LogP) is 3.00. The number of H-pyrrole nitrogens is 1. The van der Waals surface area contributed by atoms with Crippen LogP contribution in [0.5, 0.6) is 0 Å². The number of rotatable bonds is 4. The first-order valence-electron chi connectivity index (χ1n) is 8.25. The van der Waals surface area contributed by atoms with Gasteiger partial charge in [0, 0.05) is 0 Å². The molecule has 0 aliphatic carbocycles. The van der Waals surface area contributed by atoms with Crippen molar-refractivity contribution in [3.05, 3.63) is 57.3 Å². The van der Waals surface area contributed by atoms with Crippen molar-refractivity contribution in [1.82, 2.24) is 19.7 Å². The Hall–Kier alpha value is -2.53. The third kappa shape index (κ3) is 3.59. The van der Waals surface area contributed by atoms with Gasteiger partial charge in [-0.15, -0.1) is 0 Å². The van der Waals surface area contributed by atoms with Gasteiger partial charge in [0.15, 0.2) is 5.65 Å². The van der Waals surface area contributed by atoms with Crippen LogP contribution in [0, 0.1) is 6.92 Å². The Morgan fingerprint density at radius 2 is 1.82 bits per heavy atom. The number of aromatic amines is 1. The summed E-state index contributed by atoms with van der Waals surface area (Å²) in [6.07, 6.45) is -4.45. The molecule has 0 saturated heterocycles. The van der Waals surface area contributed by atoms with Crippen LogP contribution in [0.1, 0.15) is 47.8 Å². The summed E-state index contributed by atoms with van der Waals surface area (Å²) in [7, 11) is 0. The van der Waals surface area contributed by atoms with Crippen LogP contribution < -0.4 is 5.56 Å². The van der Waals surface area contributed by atoms with Crippen LogP contribution in [0.15, 0.2) is 29.1 Å². The second-order valence-corrected chi connectivity index (χ2v) is 7.61. The molecule has 28 heavy (non-hydrogen) atoms. The summed E-state index contributed by atoms with van der Waals surface area (Å²) >= 11 is -2.52. The zero-order valence-corrected chi connectivity index (χ0v) is 15.9. The highest BCUT2D eigenvalue weighted by Crippen LogP contribution is 2.32. The van der Waals surface area contributed by atoms with Gasteiger partial charge < -0.3 is 9.54 Å². The summed E-state index contributed by atoms with van der Waals surface area (Å²) in [5.41, 5.74) is -0.604. The zero-order valence-electron chi connectivity index (χ0n) is 15.1. The van der Waals surface area contributed by atoms with E-state index in [2.05, 4.69) is 15.1 Å². The Morgan fingerprint density at radius 3 is 2.36 bits per heavy atom. The Labute approximate surface area is 159 Å². The van der Waals surface area contributed by atoms with E-state index in [-0.39, 0.29) is 16.7 Å². The number of nitrogens with one attached hydrogen (secondary N) is 1. The monoisotopic (exact) mass is 413 g/mol. The number of halogens is 3. The summed E-state index contributed by atoms with van der Waals surface area (Å²) in [6.45, 7) is 4.63. The molecular weight excluding hydrogens is 397 g/mol. The minimum atomic E-state index is -4.45. The molecule has 0 amide bonds.